The van der Waals surface area contributed by atoms with E-state index in [4.69, 9.17) is 42.1 Å². The first-order chi connectivity index (χ1) is 17.9. The van der Waals surface area contributed by atoms with E-state index in [1.807, 2.05) is 13.8 Å². The average molecular weight is 545 g/mol. The molecule has 0 aliphatic carbocycles. The molecule has 0 saturated heterocycles. The topological polar surface area (TPSA) is 95.5 Å². The molecule has 0 radical (unpaired) electrons. The van der Waals surface area contributed by atoms with Gasteiger partial charge in [0.1, 0.15) is 11.5 Å². The summed E-state index contributed by atoms with van der Waals surface area (Å²) < 4.78 is 22.1. The Morgan fingerprint density at radius 2 is 1.65 bits per heavy atom. The molecule has 0 heterocycles. The van der Waals surface area contributed by atoms with Crippen LogP contribution in [-0.2, 0) is 4.79 Å². The minimum absolute atomic E-state index is 0.257. The van der Waals surface area contributed by atoms with Crippen LogP contribution < -0.4 is 24.4 Å². The molecule has 8 nitrogen and oxygen atoms in total. The zero-order chi connectivity index (χ0) is 26.6. The van der Waals surface area contributed by atoms with E-state index in [0.717, 1.165) is 6.42 Å². The Labute approximate surface area is 225 Å². The van der Waals surface area contributed by atoms with Gasteiger partial charge in [-0.3, -0.25) is 4.79 Å². The highest BCUT2D eigenvalue weighted by Gasteiger charge is 2.14. The number of ether oxygens (including phenoxy) is 4. The van der Waals surface area contributed by atoms with E-state index in [-0.39, 0.29) is 12.4 Å². The molecular formula is C27H26Cl2N2O6. The number of nitrogens with zero attached hydrogens (tertiary/aromatic N) is 1. The molecule has 0 aliphatic rings. The quantitative estimate of drug-likeness (QED) is 0.131. The van der Waals surface area contributed by atoms with Crippen LogP contribution in [0.2, 0.25) is 10.0 Å². The summed E-state index contributed by atoms with van der Waals surface area (Å²) in [6.07, 6.45) is 2.32. The molecule has 0 aromatic heterocycles. The van der Waals surface area contributed by atoms with E-state index >= 15 is 0 Å². The van der Waals surface area contributed by atoms with Crippen molar-refractivity contribution in [3.05, 3.63) is 81.8 Å². The zero-order valence-corrected chi connectivity index (χ0v) is 21.8. The van der Waals surface area contributed by atoms with Crippen molar-refractivity contribution in [2.45, 2.75) is 20.3 Å². The molecule has 0 fully saturated rings. The molecule has 1 N–H and O–H groups in total. The molecule has 0 aliphatic heterocycles. The van der Waals surface area contributed by atoms with E-state index in [1.54, 1.807) is 54.6 Å². The van der Waals surface area contributed by atoms with E-state index in [2.05, 4.69) is 10.5 Å². The van der Waals surface area contributed by atoms with E-state index in [0.29, 0.717) is 51.6 Å². The Bertz CT molecular complexity index is 1250. The molecule has 3 rings (SSSR count). The standard InChI is InChI=1S/C27H26Cl2N2O6/c1-3-13-35-21-9-6-19(7-10-21)27(33)37-24-11-5-18(14-25(24)34-4-2)16-30-31-26(32)17-36-23-12-8-20(28)15-22(23)29/h5-12,14-16H,3-4,13,17H2,1-2H3,(H,31,32). The number of hydrogen-bond acceptors (Lipinski definition) is 7. The Morgan fingerprint density at radius 3 is 2.35 bits per heavy atom. The summed E-state index contributed by atoms with van der Waals surface area (Å²) in [6.45, 7) is 4.51. The summed E-state index contributed by atoms with van der Waals surface area (Å²) in [5.41, 5.74) is 3.36. The van der Waals surface area contributed by atoms with Crippen molar-refractivity contribution in [1.82, 2.24) is 5.43 Å². The van der Waals surface area contributed by atoms with Crippen LogP contribution in [0.4, 0.5) is 0 Å². The Hall–Kier alpha value is -3.75. The van der Waals surface area contributed by atoms with Gasteiger partial charge in [0.25, 0.3) is 5.91 Å². The molecule has 10 heteroatoms. The first-order valence-corrected chi connectivity index (χ1v) is 12.3. The highest BCUT2D eigenvalue weighted by molar-refractivity contribution is 6.35. The third-order valence-electron chi connectivity index (χ3n) is 4.69. The number of carbonyl (C=O) groups excluding carboxylic acids is 2. The van der Waals surface area contributed by atoms with E-state index in [1.165, 1.54) is 12.3 Å². The van der Waals surface area contributed by atoms with Crippen LogP contribution in [0.5, 0.6) is 23.0 Å². The summed E-state index contributed by atoms with van der Waals surface area (Å²) >= 11 is 11.9. The second-order valence-corrected chi connectivity index (χ2v) is 8.40. The summed E-state index contributed by atoms with van der Waals surface area (Å²) in [5.74, 6) is 0.616. The molecule has 0 saturated carbocycles. The molecule has 194 valence electrons. The van der Waals surface area contributed by atoms with Crippen molar-refractivity contribution in [2.75, 3.05) is 19.8 Å². The number of carbonyl (C=O) groups is 2. The van der Waals surface area contributed by atoms with Crippen molar-refractivity contribution in [1.29, 1.82) is 0 Å². The number of halogens is 2. The lowest BCUT2D eigenvalue weighted by Gasteiger charge is -2.12. The van der Waals surface area contributed by atoms with Crippen LogP contribution in [-0.4, -0.2) is 37.9 Å². The van der Waals surface area contributed by atoms with Crippen LogP contribution in [0, 0.1) is 0 Å². The Morgan fingerprint density at radius 1 is 0.892 bits per heavy atom. The number of hydrazone groups is 1. The fourth-order valence-electron chi connectivity index (χ4n) is 2.97. The normalized spacial score (nSPS) is 10.7. The Balaban J connectivity index is 1.58. The van der Waals surface area contributed by atoms with Gasteiger partial charge >= 0.3 is 5.97 Å². The van der Waals surface area contributed by atoms with Gasteiger partial charge in [0.15, 0.2) is 18.1 Å². The molecule has 0 bridgehead atoms. The first-order valence-electron chi connectivity index (χ1n) is 11.5. The summed E-state index contributed by atoms with van der Waals surface area (Å²) in [6, 6.07) is 16.3. The maximum atomic E-state index is 12.6. The minimum atomic E-state index is -0.530. The van der Waals surface area contributed by atoms with E-state index < -0.39 is 11.9 Å². The zero-order valence-electron chi connectivity index (χ0n) is 20.3. The van der Waals surface area contributed by atoms with E-state index in [9.17, 15) is 9.59 Å². The molecule has 3 aromatic carbocycles. The summed E-state index contributed by atoms with van der Waals surface area (Å²) in [4.78, 5) is 24.6. The van der Waals surface area contributed by atoms with Crippen molar-refractivity contribution >= 4 is 41.3 Å². The fourth-order valence-corrected chi connectivity index (χ4v) is 3.43. The molecule has 3 aromatic rings. The van der Waals surface area contributed by atoms with Gasteiger partial charge in [0, 0.05) is 5.02 Å². The van der Waals surface area contributed by atoms with Gasteiger partial charge < -0.3 is 18.9 Å². The third-order valence-corrected chi connectivity index (χ3v) is 5.22. The van der Waals surface area contributed by atoms with Gasteiger partial charge in [-0.15, -0.1) is 0 Å². The number of benzene rings is 3. The van der Waals surface area contributed by atoms with Crippen LogP contribution in [0.25, 0.3) is 0 Å². The monoisotopic (exact) mass is 544 g/mol. The molecule has 0 unspecified atom stereocenters. The number of rotatable bonds is 12. The largest absolute Gasteiger partial charge is 0.494 e. The van der Waals surface area contributed by atoms with Gasteiger partial charge in [-0.25, -0.2) is 10.2 Å². The number of esters is 1. The lowest BCUT2D eigenvalue weighted by molar-refractivity contribution is -0.123. The van der Waals surface area contributed by atoms with Crippen molar-refractivity contribution in [2.24, 2.45) is 5.10 Å². The lowest BCUT2D eigenvalue weighted by Crippen LogP contribution is -2.24. The van der Waals surface area contributed by atoms with Crippen molar-refractivity contribution < 1.29 is 28.5 Å². The Kier molecular flexibility index (Phi) is 10.6. The van der Waals surface area contributed by atoms with Crippen LogP contribution >= 0.6 is 23.2 Å². The SMILES string of the molecule is CCCOc1ccc(C(=O)Oc2ccc(C=NNC(=O)COc3ccc(Cl)cc3Cl)cc2OCC)cc1. The van der Waals surface area contributed by atoms with Crippen molar-refractivity contribution in [3.8, 4) is 23.0 Å². The maximum Gasteiger partial charge on any atom is 0.343 e. The second-order valence-electron chi connectivity index (χ2n) is 7.56. The second kappa shape index (κ2) is 14.1. The average Bonchev–Trinajstić information content (AvgIpc) is 2.88. The van der Waals surface area contributed by atoms with Gasteiger partial charge in [-0.1, -0.05) is 30.1 Å². The number of nitrogens with one attached hydrogen (secondary N) is 1. The van der Waals surface area contributed by atoms with Gasteiger partial charge in [0.2, 0.25) is 0 Å². The fraction of sp³-hybridized carbons (Fsp3) is 0.222. The predicted molar refractivity (Wildman–Crippen MR) is 142 cm³/mol. The number of amides is 1. The molecule has 37 heavy (non-hydrogen) atoms. The first kappa shape index (κ1) is 27.8. The lowest BCUT2D eigenvalue weighted by atomic mass is 10.2. The van der Waals surface area contributed by atoms with Gasteiger partial charge in [-0.05, 0) is 79.6 Å². The summed E-state index contributed by atoms with van der Waals surface area (Å²) in [7, 11) is 0. The smallest absolute Gasteiger partial charge is 0.343 e. The van der Waals surface area contributed by atoms with Gasteiger partial charge in [-0.2, -0.15) is 5.10 Å². The molecular weight excluding hydrogens is 519 g/mol. The minimum Gasteiger partial charge on any atom is -0.494 e. The van der Waals surface area contributed by atoms with Crippen LogP contribution in [0.3, 0.4) is 0 Å². The molecule has 0 atom stereocenters. The summed E-state index contributed by atoms with van der Waals surface area (Å²) in [5, 5.41) is 4.69. The van der Waals surface area contributed by atoms with Gasteiger partial charge in [0.05, 0.1) is 30.0 Å². The molecule has 1 amide bonds. The third kappa shape index (κ3) is 8.70. The van der Waals surface area contributed by atoms with Crippen LogP contribution in [0.15, 0.2) is 65.8 Å². The number of hydrogen-bond donors (Lipinski definition) is 1. The highest BCUT2D eigenvalue weighted by atomic mass is 35.5. The van der Waals surface area contributed by atoms with Crippen LogP contribution in [0.1, 0.15) is 36.2 Å². The van der Waals surface area contributed by atoms with Crippen molar-refractivity contribution in [3.63, 3.8) is 0 Å². The predicted octanol–water partition coefficient (Wildman–Crippen LogP) is 5.93. The molecule has 0 spiro atoms. The highest BCUT2D eigenvalue weighted by Crippen LogP contribution is 2.29. The maximum absolute atomic E-state index is 12.6.